The first-order valence-electron chi connectivity index (χ1n) is 8.79. The Kier molecular flexibility index (Phi) is 7.11. The molecule has 0 aliphatic rings. The number of anilines is 1. The van der Waals surface area contributed by atoms with E-state index in [9.17, 15) is 14.4 Å². The van der Waals surface area contributed by atoms with Crippen LogP contribution < -0.4 is 10.6 Å². The Morgan fingerprint density at radius 1 is 1.00 bits per heavy atom. The zero-order chi connectivity index (χ0) is 19.8. The third-order valence-electron chi connectivity index (χ3n) is 4.00. The summed E-state index contributed by atoms with van der Waals surface area (Å²) in [7, 11) is 0. The van der Waals surface area contributed by atoms with Gasteiger partial charge < -0.3 is 15.4 Å². The Hall–Kier alpha value is -3.15. The van der Waals surface area contributed by atoms with Crippen molar-refractivity contribution in [3.05, 3.63) is 65.2 Å². The molecule has 0 saturated heterocycles. The van der Waals surface area contributed by atoms with Gasteiger partial charge in [-0.1, -0.05) is 36.8 Å². The maximum atomic E-state index is 12.1. The topological polar surface area (TPSA) is 84.5 Å². The molecule has 0 aromatic heterocycles. The molecule has 142 valence electrons. The second-order valence-electron chi connectivity index (χ2n) is 6.27. The van der Waals surface area contributed by atoms with Crippen molar-refractivity contribution >= 4 is 23.5 Å². The van der Waals surface area contributed by atoms with E-state index in [1.807, 2.05) is 38.1 Å². The predicted octanol–water partition coefficient (Wildman–Crippen LogP) is 3.38. The third-order valence-corrected chi connectivity index (χ3v) is 4.00. The largest absolute Gasteiger partial charge is 0.452 e. The van der Waals surface area contributed by atoms with Crippen molar-refractivity contribution in [1.82, 2.24) is 5.32 Å². The molecule has 2 N–H and O–H groups in total. The Bertz CT molecular complexity index is 798. The van der Waals surface area contributed by atoms with Gasteiger partial charge in [-0.15, -0.1) is 0 Å². The number of hydrogen-bond acceptors (Lipinski definition) is 4. The SMILES string of the molecule is CC[C@@H](NC(=O)COC(=O)c1ccc(NC(C)=O)cc1)c1ccc(C)cc1. The van der Waals surface area contributed by atoms with Crippen LogP contribution >= 0.6 is 0 Å². The molecular formula is C21H24N2O4. The van der Waals surface area contributed by atoms with Crippen LogP contribution in [0.2, 0.25) is 0 Å². The van der Waals surface area contributed by atoms with Gasteiger partial charge in [-0.3, -0.25) is 9.59 Å². The zero-order valence-corrected chi connectivity index (χ0v) is 15.7. The van der Waals surface area contributed by atoms with Crippen LogP contribution in [0.4, 0.5) is 5.69 Å². The van der Waals surface area contributed by atoms with E-state index in [1.54, 1.807) is 12.1 Å². The van der Waals surface area contributed by atoms with Gasteiger partial charge in [-0.25, -0.2) is 4.79 Å². The van der Waals surface area contributed by atoms with E-state index in [2.05, 4.69) is 10.6 Å². The van der Waals surface area contributed by atoms with E-state index in [1.165, 1.54) is 19.1 Å². The minimum absolute atomic E-state index is 0.131. The van der Waals surface area contributed by atoms with Gasteiger partial charge in [-0.05, 0) is 43.2 Å². The molecule has 0 radical (unpaired) electrons. The molecule has 0 bridgehead atoms. The number of nitrogens with one attached hydrogen (secondary N) is 2. The lowest BCUT2D eigenvalue weighted by Crippen LogP contribution is -2.32. The van der Waals surface area contributed by atoms with E-state index in [4.69, 9.17) is 4.74 Å². The lowest BCUT2D eigenvalue weighted by Gasteiger charge is -2.17. The highest BCUT2D eigenvalue weighted by molar-refractivity contribution is 5.93. The summed E-state index contributed by atoms with van der Waals surface area (Å²) in [6.07, 6.45) is 0.730. The standard InChI is InChI=1S/C21H24N2O4/c1-4-19(16-7-5-14(2)6-8-16)23-20(25)13-27-21(26)17-9-11-18(12-10-17)22-15(3)24/h5-12,19H,4,13H2,1-3H3,(H,22,24)(H,23,25)/t19-/m1/s1. The van der Waals surface area contributed by atoms with Crippen LogP contribution in [0.15, 0.2) is 48.5 Å². The Labute approximate surface area is 158 Å². The average Bonchev–Trinajstić information content (AvgIpc) is 2.65. The van der Waals surface area contributed by atoms with E-state index >= 15 is 0 Å². The summed E-state index contributed by atoms with van der Waals surface area (Å²) in [6, 6.07) is 14.1. The molecule has 2 aromatic carbocycles. The number of aryl methyl sites for hydroxylation is 1. The Morgan fingerprint density at radius 2 is 1.63 bits per heavy atom. The number of esters is 1. The highest BCUT2D eigenvalue weighted by atomic mass is 16.5. The van der Waals surface area contributed by atoms with Crippen molar-refractivity contribution in [2.75, 3.05) is 11.9 Å². The molecule has 2 aromatic rings. The number of carbonyl (C=O) groups excluding carboxylic acids is 3. The molecule has 0 unspecified atom stereocenters. The molecule has 0 aliphatic carbocycles. The summed E-state index contributed by atoms with van der Waals surface area (Å²) in [5, 5.41) is 5.49. The number of rotatable bonds is 7. The van der Waals surface area contributed by atoms with Gasteiger partial charge in [0.15, 0.2) is 6.61 Å². The fraction of sp³-hybridized carbons (Fsp3) is 0.286. The molecule has 6 nitrogen and oxygen atoms in total. The molecule has 1 atom stereocenters. The monoisotopic (exact) mass is 368 g/mol. The van der Waals surface area contributed by atoms with Gasteiger partial charge in [0.2, 0.25) is 5.91 Å². The van der Waals surface area contributed by atoms with Crippen molar-refractivity contribution in [3.63, 3.8) is 0 Å². The smallest absolute Gasteiger partial charge is 0.338 e. The molecule has 2 rings (SSSR count). The zero-order valence-electron chi connectivity index (χ0n) is 15.7. The van der Waals surface area contributed by atoms with Gasteiger partial charge in [0.05, 0.1) is 11.6 Å². The summed E-state index contributed by atoms with van der Waals surface area (Å²) in [4.78, 5) is 35.2. The summed E-state index contributed by atoms with van der Waals surface area (Å²) < 4.78 is 5.07. The normalized spacial score (nSPS) is 11.4. The lowest BCUT2D eigenvalue weighted by atomic mass is 10.0. The first-order valence-corrected chi connectivity index (χ1v) is 8.79. The van der Waals surface area contributed by atoms with Crippen LogP contribution in [0.5, 0.6) is 0 Å². The maximum absolute atomic E-state index is 12.1. The van der Waals surface area contributed by atoms with Crippen LogP contribution in [0, 0.1) is 6.92 Å². The van der Waals surface area contributed by atoms with Crippen molar-refractivity contribution in [3.8, 4) is 0 Å². The van der Waals surface area contributed by atoms with Crippen molar-refractivity contribution in [1.29, 1.82) is 0 Å². The van der Waals surface area contributed by atoms with Crippen LogP contribution in [0.3, 0.4) is 0 Å². The summed E-state index contributed by atoms with van der Waals surface area (Å²) in [5.41, 5.74) is 3.05. The minimum atomic E-state index is -0.595. The number of hydrogen-bond donors (Lipinski definition) is 2. The van der Waals surface area contributed by atoms with E-state index in [0.717, 1.165) is 17.5 Å². The summed E-state index contributed by atoms with van der Waals surface area (Å²) in [6.45, 7) is 5.04. The number of amides is 2. The molecule has 0 spiro atoms. The second kappa shape index (κ2) is 9.52. The van der Waals surface area contributed by atoms with Gasteiger partial charge in [0.25, 0.3) is 5.91 Å². The lowest BCUT2D eigenvalue weighted by molar-refractivity contribution is -0.125. The van der Waals surface area contributed by atoms with Gasteiger partial charge in [-0.2, -0.15) is 0 Å². The molecular weight excluding hydrogens is 344 g/mol. The van der Waals surface area contributed by atoms with Crippen LogP contribution in [0.25, 0.3) is 0 Å². The van der Waals surface area contributed by atoms with Crippen LogP contribution in [-0.4, -0.2) is 24.4 Å². The number of carbonyl (C=O) groups is 3. The van der Waals surface area contributed by atoms with Crippen LogP contribution in [0.1, 0.15) is 47.8 Å². The third kappa shape index (κ3) is 6.26. The van der Waals surface area contributed by atoms with Gasteiger partial charge >= 0.3 is 5.97 Å². The molecule has 0 aliphatic heterocycles. The Morgan fingerprint density at radius 3 is 2.19 bits per heavy atom. The predicted molar refractivity (Wildman–Crippen MR) is 103 cm³/mol. The highest BCUT2D eigenvalue weighted by Gasteiger charge is 2.15. The number of ether oxygens (including phenoxy) is 1. The van der Waals surface area contributed by atoms with Gasteiger partial charge in [0.1, 0.15) is 0 Å². The second-order valence-corrected chi connectivity index (χ2v) is 6.27. The fourth-order valence-electron chi connectivity index (χ4n) is 2.56. The molecule has 0 heterocycles. The van der Waals surface area contributed by atoms with Crippen molar-refractivity contribution in [2.24, 2.45) is 0 Å². The van der Waals surface area contributed by atoms with Crippen LogP contribution in [-0.2, 0) is 14.3 Å². The average molecular weight is 368 g/mol. The number of benzene rings is 2. The summed E-state index contributed by atoms with van der Waals surface area (Å²) >= 11 is 0. The molecule has 6 heteroatoms. The quantitative estimate of drug-likeness (QED) is 0.734. The van der Waals surface area contributed by atoms with Gasteiger partial charge in [0, 0.05) is 12.6 Å². The molecule has 0 saturated carbocycles. The fourth-order valence-corrected chi connectivity index (χ4v) is 2.56. The van der Waals surface area contributed by atoms with Crippen molar-refractivity contribution < 1.29 is 19.1 Å². The Balaban J connectivity index is 1.87. The first kappa shape index (κ1) is 20.2. The van der Waals surface area contributed by atoms with E-state index in [0.29, 0.717) is 11.3 Å². The molecule has 0 fully saturated rings. The first-order chi connectivity index (χ1) is 12.9. The summed E-state index contributed by atoms with van der Waals surface area (Å²) in [5.74, 6) is -1.14. The minimum Gasteiger partial charge on any atom is -0.452 e. The molecule has 27 heavy (non-hydrogen) atoms. The maximum Gasteiger partial charge on any atom is 0.338 e. The molecule has 2 amide bonds. The van der Waals surface area contributed by atoms with E-state index < -0.39 is 5.97 Å². The highest BCUT2D eigenvalue weighted by Crippen LogP contribution is 2.17. The van der Waals surface area contributed by atoms with Crippen molar-refractivity contribution in [2.45, 2.75) is 33.2 Å². The van der Waals surface area contributed by atoms with E-state index in [-0.39, 0.29) is 24.5 Å².